The highest BCUT2D eigenvalue weighted by Crippen LogP contribution is 2.20. The van der Waals surface area contributed by atoms with Gasteiger partial charge in [-0.15, -0.1) is 0 Å². The SMILES string of the molecule is CC(=O)N1CCC(NCC(C)(O)c2ccccc2)CC1. The first-order valence-electron chi connectivity index (χ1n) is 7.26. The van der Waals surface area contributed by atoms with Crippen LogP contribution < -0.4 is 5.32 Å². The molecule has 1 heterocycles. The van der Waals surface area contributed by atoms with E-state index in [1.54, 1.807) is 6.92 Å². The minimum absolute atomic E-state index is 0.153. The molecule has 1 aliphatic heterocycles. The fraction of sp³-hybridized carbons (Fsp3) is 0.562. The number of hydrogen-bond acceptors (Lipinski definition) is 3. The molecule has 1 aliphatic rings. The Kier molecular flexibility index (Phi) is 4.78. The standard InChI is InChI=1S/C16H24N2O2/c1-13(19)18-10-8-15(9-11-18)17-12-16(2,20)14-6-4-3-5-7-14/h3-7,15,17,20H,8-12H2,1-2H3. The number of aliphatic hydroxyl groups is 1. The number of piperidine rings is 1. The van der Waals surface area contributed by atoms with Gasteiger partial charge in [-0.25, -0.2) is 0 Å². The van der Waals surface area contributed by atoms with Crippen LogP contribution in [0.25, 0.3) is 0 Å². The first kappa shape index (κ1) is 15.0. The molecule has 4 heteroatoms. The Balaban J connectivity index is 1.82. The van der Waals surface area contributed by atoms with Crippen molar-refractivity contribution in [2.24, 2.45) is 0 Å². The number of rotatable bonds is 4. The van der Waals surface area contributed by atoms with E-state index in [1.807, 2.05) is 42.2 Å². The second kappa shape index (κ2) is 6.37. The third kappa shape index (κ3) is 3.81. The van der Waals surface area contributed by atoms with Crippen LogP contribution in [-0.4, -0.2) is 41.6 Å². The second-order valence-corrected chi connectivity index (χ2v) is 5.80. The van der Waals surface area contributed by atoms with Gasteiger partial charge in [0.05, 0.1) is 5.60 Å². The number of carbonyl (C=O) groups is 1. The molecule has 1 amide bonds. The third-order valence-corrected chi connectivity index (χ3v) is 4.07. The topological polar surface area (TPSA) is 52.6 Å². The van der Waals surface area contributed by atoms with E-state index in [4.69, 9.17) is 0 Å². The largest absolute Gasteiger partial charge is 0.384 e. The van der Waals surface area contributed by atoms with E-state index in [0.717, 1.165) is 31.5 Å². The average Bonchev–Trinajstić information content (AvgIpc) is 2.46. The molecule has 0 spiro atoms. The molecule has 4 nitrogen and oxygen atoms in total. The number of carbonyl (C=O) groups excluding carboxylic acids is 1. The van der Waals surface area contributed by atoms with Gasteiger partial charge in [0.15, 0.2) is 0 Å². The maximum Gasteiger partial charge on any atom is 0.219 e. The summed E-state index contributed by atoms with van der Waals surface area (Å²) < 4.78 is 0. The highest BCUT2D eigenvalue weighted by Gasteiger charge is 2.26. The van der Waals surface area contributed by atoms with Gasteiger partial charge in [-0.3, -0.25) is 4.79 Å². The minimum atomic E-state index is -0.862. The summed E-state index contributed by atoms with van der Waals surface area (Å²) in [6.07, 6.45) is 1.90. The van der Waals surface area contributed by atoms with Gasteiger partial charge in [-0.05, 0) is 25.3 Å². The molecule has 0 bridgehead atoms. The highest BCUT2D eigenvalue weighted by atomic mass is 16.3. The summed E-state index contributed by atoms with van der Waals surface area (Å²) in [7, 11) is 0. The van der Waals surface area contributed by atoms with Gasteiger partial charge < -0.3 is 15.3 Å². The molecule has 0 aromatic heterocycles. The quantitative estimate of drug-likeness (QED) is 0.876. The van der Waals surface area contributed by atoms with Crippen LogP contribution in [0.1, 0.15) is 32.3 Å². The molecule has 1 aromatic carbocycles. The summed E-state index contributed by atoms with van der Waals surface area (Å²) in [5.74, 6) is 0.153. The van der Waals surface area contributed by atoms with E-state index in [2.05, 4.69) is 5.32 Å². The van der Waals surface area contributed by atoms with Crippen molar-refractivity contribution in [3.05, 3.63) is 35.9 Å². The maximum atomic E-state index is 11.3. The average molecular weight is 276 g/mol. The van der Waals surface area contributed by atoms with Gasteiger partial charge in [0.2, 0.25) is 5.91 Å². The van der Waals surface area contributed by atoms with Gasteiger partial charge in [0.1, 0.15) is 0 Å². The number of nitrogens with one attached hydrogen (secondary N) is 1. The Morgan fingerprint density at radius 2 is 1.95 bits per heavy atom. The van der Waals surface area contributed by atoms with Gasteiger partial charge in [-0.1, -0.05) is 30.3 Å². The van der Waals surface area contributed by atoms with Crippen molar-refractivity contribution >= 4 is 5.91 Å². The number of hydrogen-bond donors (Lipinski definition) is 2. The Labute approximate surface area is 120 Å². The van der Waals surface area contributed by atoms with Crippen molar-refractivity contribution in [1.82, 2.24) is 10.2 Å². The summed E-state index contributed by atoms with van der Waals surface area (Å²) in [6, 6.07) is 10.1. The third-order valence-electron chi connectivity index (χ3n) is 4.07. The van der Waals surface area contributed by atoms with Crippen molar-refractivity contribution in [3.63, 3.8) is 0 Å². The van der Waals surface area contributed by atoms with E-state index in [0.29, 0.717) is 12.6 Å². The maximum absolute atomic E-state index is 11.3. The molecule has 0 radical (unpaired) electrons. The lowest BCUT2D eigenvalue weighted by molar-refractivity contribution is -0.129. The Morgan fingerprint density at radius 3 is 2.50 bits per heavy atom. The summed E-state index contributed by atoms with van der Waals surface area (Å²) >= 11 is 0. The molecular formula is C16H24N2O2. The van der Waals surface area contributed by atoms with E-state index in [1.165, 1.54) is 0 Å². The zero-order chi connectivity index (χ0) is 14.6. The van der Waals surface area contributed by atoms with Crippen molar-refractivity contribution in [2.45, 2.75) is 38.3 Å². The Morgan fingerprint density at radius 1 is 1.35 bits per heavy atom. The molecule has 0 saturated carbocycles. The predicted octanol–water partition coefficient (Wildman–Crippen LogP) is 1.49. The molecule has 2 rings (SSSR count). The summed E-state index contributed by atoms with van der Waals surface area (Å²) in [5, 5.41) is 14.0. The van der Waals surface area contributed by atoms with Crippen LogP contribution >= 0.6 is 0 Å². The zero-order valence-corrected chi connectivity index (χ0v) is 12.3. The fourth-order valence-corrected chi connectivity index (χ4v) is 2.64. The Hall–Kier alpha value is -1.39. The Bertz CT molecular complexity index is 437. The summed E-state index contributed by atoms with van der Waals surface area (Å²) in [5.41, 5.74) is 0.0626. The number of likely N-dealkylation sites (tertiary alicyclic amines) is 1. The molecule has 0 aliphatic carbocycles. The van der Waals surface area contributed by atoms with E-state index < -0.39 is 5.60 Å². The van der Waals surface area contributed by atoms with Crippen molar-refractivity contribution in [1.29, 1.82) is 0 Å². The van der Waals surface area contributed by atoms with Crippen molar-refractivity contribution < 1.29 is 9.90 Å². The lowest BCUT2D eigenvalue weighted by atomic mass is 9.95. The van der Waals surface area contributed by atoms with Crippen LogP contribution in [-0.2, 0) is 10.4 Å². The molecule has 1 unspecified atom stereocenters. The van der Waals surface area contributed by atoms with Crippen molar-refractivity contribution in [2.75, 3.05) is 19.6 Å². The highest BCUT2D eigenvalue weighted by molar-refractivity contribution is 5.73. The predicted molar refractivity (Wildman–Crippen MR) is 79.3 cm³/mol. The molecule has 1 aromatic rings. The number of benzene rings is 1. The molecule has 1 saturated heterocycles. The van der Waals surface area contributed by atoms with Crippen LogP contribution in [0.3, 0.4) is 0 Å². The van der Waals surface area contributed by atoms with Gasteiger partial charge in [-0.2, -0.15) is 0 Å². The molecule has 2 N–H and O–H groups in total. The number of amides is 1. The van der Waals surface area contributed by atoms with Gasteiger partial charge in [0, 0.05) is 32.6 Å². The summed E-state index contributed by atoms with van der Waals surface area (Å²) in [4.78, 5) is 13.2. The lowest BCUT2D eigenvalue weighted by Gasteiger charge is -2.34. The number of nitrogens with zero attached hydrogens (tertiary/aromatic N) is 1. The first-order valence-corrected chi connectivity index (χ1v) is 7.26. The minimum Gasteiger partial charge on any atom is -0.384 e. The molecular weight excluding hydrogens is 252 g/mol. The molecule has 20 heavy (non-hydrogen) atoms. The molecule has 110 valence electrons. The van der Waals surface area contributed by atoms with Crippen LogP contribution in [0, 0.1) is 0 Å². The smallest absolute Gasteiger partial charge is 0.219 e. The monoisotopic (exact) mass is 276 g/mol. The molecule has 1 atom stereocenters. The lowest BCUT2D eigenvalue weighted by Crippen LogP contribution is -2.47. The van der Waals surface area contributed by atoms with E-state index in [-0.39, 0.29) is 5.91 Å². The molecule has 1 fully saturated rings. The van der Waals surface area contributed by atoms with Gasteiger partial charge >= 0.3 is 0 Å². The van der Waals surface area contributed by atoms with Crippen LogP contribution in [0.5, 0.6) is 0 Å². The van der Waals surface area contributed by atoms with Crippen molar-refractivity contribution in [3.8, 4) is 0 Å². The summed E-state index contributed by atoms with van der Waals surface area (Å²) in [6.45, 7) is 5.59. The van der Waals surface area contributed by atoms with E-state index in [9.17, 15) is 9.90 Å². The van der Waals surface area contributed by atoms with Crippen LogP contribution in [0.15, 0.2) is 30.3 Å². The normalized spacial score (nSPS) is 19.6. The zero-order valence-electron chi connectivity index (χ0n) is 12.3. The first-order chi connectivity index (χ1) is 9.49. The van der Waals surface area contributed by atoms with Crippen LogP contribution in [0.4, 0.5) is 0 Å². The van der Waals surface area contributed by atoms with Crippen LogP contribution in [0.2, 0.25) is 0 Å². The van der Waals surface area contributed by atoms with Gasteiger partial charge in [0.25, 0.3) is 0 Å². The second-order valence-electron chi connectivity index (χ2n) is 5.80. The fourth-order valence-electron chi connectivity index (χ4n) is 2.64. The van der Waals surface area contributed by atoms with E-state index >= 15 is 0 Å².